The van der Waals surface area contributed by atoms with Crippen LogP contribution in [0.25, 0.3) is 0 Å². The zero-order valence-electron chi connectivity index (χ0n) is 9.05. The lowest BCUT2D eigenvalue weighted by Gasteiger charge is -2.13. The van der Waals surface area contributed by atoms with Gasteiger partial charge in [-0.3, -0.25) is 10.8 Å². The topological polar surface area (TPSA) is 76.7 Å². The normalized spacial score (nSPS) is 12.4. The molecule has 17 heavy (non-hydrogen) atoms. The van der Waals surface area contributed by atoms with Gasteiger partial charge in [0.05, 0.1) is 6.04 Å². The number of hydrazine groups is 1. The van der Waals surface area contributed by atoms with Gasteiger partial charge in [0.15, 0.2) is 0 Å². The van der Waals surface area contributed by atoms with E-state index in [4.69, 9.17) is 5.84 Å². The van der Waals surface area contributed by atoms with Gasteiger partial charge in [0.1, 0.15) is 5.82 Å². The van der Waals surface area contributed by atoms with Crippen molar-refractivity contribution >= 4 is 15.9 Å². The molecule has 0 aliphatic rings. The third-order valence-electron chi connectivity index (χ3n) is 2.30. The number of rotatable bonds is 4. The molecule has 0 spiro atoms. The van der Waals surface area contributed by atoms with Crippen molar-refractivity contribution in [1.82, 2.24) is 20.4 Å². The molecule has 2 aromatic heterocycles. The molecule has 2 rings (SSSR count). The molecule has 2 aromatic rings. The van der Waals surface area contributed by atoms with Gasteiger partial charge in [-0.05, 0) is 40.0 Å². The van der Waals surface area contributed by atoms with Crippen LogP contribution in [-0.4, -0.2) is 15.0 Å². The maximum absolute atomic E-state index is 5.53. The first-order valence-corrected chi connectivity index (χ1v) is 5.91. The van der Waals surface area contributed by atoms with Gasteiger partial charge >= 0.3 is 0 Å². The second kappa shape index (κ2) is 5.81. The van der Waals surface area contributed by atoms with Crippen molar-refractivity contribution < 1.29 is 0 Å². The van der Waals surface area contributed by atoms with Crippen molar-refractivity contribution in [2.75, 3.05) is 0 Å². The Kier molecular flexibility index (Phi) is 4.13. The molecule has 1 atom stereocenters. The predicted octanol–water partition coefficient (Wildman–Crippen LogP) is 1.38. The summed E-state index contributed by atoms with van der Waals surface area (Å²) in [5.41, 5.74) is 3.78. The number of hydrogen-bond acceptors (Lipinski definition) is 5. The number of halogens is 1. The van der Waals surface area contributed by atoms with Crippen LogP contribution in [0.3, 0.4) is 0 Å². The summed E-state index contributed by atoms with van der Waals surface area (Å²) in [5.74, 6) is 6.20. The number of pyridine rings is 1. The van der Waals surface area contributed by atoms with Crippen molar-refractivity contribution in [3.05, 3.63) is 52.8 Å². The molecule has 5 nitrogen and oxygen atoms in total. The summed E-state index contributed by atoms with van der Waals surface area (Å²) in [5, 5.41) is 0. The van der Waals surface area contributed by atoms with Gasteiger partial charge < -0.3 is 0 Å². The Balaban J connectivity index is 2.16. The van der Waals surface area contributed by atoms with E-state index in [9.17, 15) is 0 Å². The molecule has 6 heteroatoms. The molecule has 2 heterocycles. The lowest BCUT2D eigenvalue weighted by molar-refractivity contribution is 0.522. The van der Waals surface area contributed by atoms with E-state index in [1.165, 1.54) is 0 Å². The highest BCUT2D eigenvalue weighted by molar-refractivity contribution is 9.10. The molecule has 0 aromatic carbocycles. The van der Waals surface area contributed by atoms with E-state index in [1.54, 1.807) is 30.9 Å². The highest BCUT2D eigenvalue weighted by Crippen LogP contribution is 2.16. The van der Waals surface area contributed by atoms with Crippen LogP contribution in [0.15, 0.2) is 41.4 Å². The summed E-state index contributed by atoms with van der Waals surface area (Å²) in [4.78, 5) is 12.5. The quantitative estimate of drug-likeness (QED) is 0.658. The van der Waals surface area contributed by atoms with Gasteiger partial charge in [-0.15, -0.1) is 0 Å². The highest BCUT2D eigenvalue weighted by Gasteiger charge is 2.13. The molecule has 0 aliphatic carbocycles. The molecule has 0 amide bonds. The van der Waals surface area contributed by atoms with Crippen LogP contribution in [-0.2, 0) is 6.42 Å². The zero-order chi connectivity index (χ0) is 12.1. The van der Waals surface area contributed by atoms with Crippen molar-refractivity contribution in [3.8, 4) is 0 Å². The van der Waals surface area contributed by atoms with Crippen LogP contribution >= 0.6 is 15.9 Å². The molecular formula is C11H12BrN5. The summed E-state index contributed by atoms with van der Waals surface area (Å²) in [6.07, 6.45) is 7.63. The minimum atomic E-state index is -0.118. The number of hydrogen-bond donors (Lipinski definition) is 2. The smallest absolute Gasteiger partial charge is 0.146 e. The summed E-state index contributed by atoms with van der Waals surface area (Å²) in [6, 6.07) is 3.66. The summed E-state index contributed by atoms with van der Waals surface area (Å²) < 4.78 is 0.944. The monoisotopic (exact) mass is 293 g/mol. The van der Waals surface area contributed by atoms with Gasteiger partial charge in [0, 0.05) is 29.3 Å². The van der Waals surface area contributed by atoms with Gasteiger partial charge in [-0.2, -0.15) is 0 Å². The minimum Gasteiger partial charge on any atom is -0.271 e. The van der Waals surface area contributed by atoms with Crippen LogP contribution in [0.5, 0.6) is 0 Å². The lowest BCUT2D eigenvalue weighted by Crippen LogP contribution is -2.31. The van der Waals surface area contributed by atoms with Crippen LogP contribution in [0.4, 0.5) is 0 Å². The highest BCUT2D eigenvalue weighted by atomic mass is 79.9. The zero-order valence-corrected chi connectivity index (χ0v) is 10.6. The largest absolute Gasteiger partial charge is 0.271 e. The molecule has 0 radical (unpaired) electrons. The molecule has 0 fully saturated rings. The van der Waals surface area contributed by atoms with Crippen molar-refractivity contribution in [3.63, 3.8) is 0 Å². The molecule has 1 unspecified atom stereocenters. The summed E-state index contributed by atoms with van der Waals surface area (Å²) in [6.45, 7) is 0. The van der Waals surface area contributed by atoms with Crippen molar-refractivity contribution in [2.24, 2.45) is 5.84 Å². The minimum absolute atomic E-state index is 0.118. The van der Waals surface area contributed by atoms with Crippen LogP contribution in [0, 0.1) is 0 Å². The second-order valence-electron chi connectivity index (χ2n) is 3.54. The fourth-order valence-corrected chi connectivity index (χ4v) is 1.93. The average molecular weight is 294 g/mol. The van der Waals surface area contributed by atoms with E-state index >= 15 is 0 Å². The molecule has 88 valence electrons. The standard InChI is InChI=1S/C11H12BrN5/c12-9-4-8(6-14-7-9)5-10(17-13)11-15-2-1-3-16-11/h1-4,6-7,10,17H,5,13H2. The van der Waals surface area contributed by atoms with E-state index < -0.39 is 0 Å². The average Bonchev–Trinajstić information content (AvgIpc) is 2.37. The van der Waals surface area contributed by atoms with Crippen molar-refractivity contribution in [2.45, 2.75) is 12.5 Å². The second-order valence-corrected chi connectivity index (χ2v) is 4.46. The van der Waals surface area contributed by atoms with Gasteiger partial charge in [0.25, 0.3) is 0 Å². The van der Waals surface area contributed by atoms with Gasteiger partial charge in [0.2, 0.25) is 0 Å². The molecule has 3 N–H and O–H groups in total. The Bertz CT molecular complexity index is 476. The van der Waals surface area contributed by atoms with Crippen LogP contribution < -0.4 is 11.3 Å². The number of nitrogens with one attached hydrogen (secondary N) is 1. The Labute approximate surface area is 108 Å². The SMILES string of the molecule is NNC(Cc1cncc(Br)c1)c1ncccn1. The fourth-order valence-electron chi connectivity index (χ4n) is 1.52. The first-order valence-electron chi connectivity index (χ1n) is 5.12. The van der Waals surface area contributed by atoms with E-state index in [2.05, 4.69) is 36.3 Å². The maximum atomic E-state index is 5.53. The Hall–Kier alpha value is -1.37. The van der Waals surface area contributed by atoms with E-state index in [-0.39, 0.29) is 6.04 Å². The Morgan fingerprint density at radius 3 is 2.71 bits per heavy atom. The number of aromatic nitrogens is 3. The molecule has 0 aliphatic heterocycles. The van der Waals surface area contributed by atoms with Gasteiger partial charge in [-0.25, -0.2) is 15.4 Å². The molecular weight excluding hydrogens is 282 g/mol. The molecule has 0 bridgehead atoms. The Morgan fingerprint density at radius 2 is 2.06 bits per heavy atom. The van der Waals surface area contributed by atoms with Crippen LogP contribution in [0.1, 0.15) is 17.4 Å². The Morgan fingerprint density at radius 1 is 1.29 bits per heavy atom. The first kappa shape index (κ1) is 12.1. The van der Waals surface area contributed by atoms with Crippen LogP contribution in [0.2, 0.25) is 0 Å². The lowest BCUT2D eigenvalue weighted by atomic mass is 10.1. The number of nitrogens with two attached hydrogens (primary N) is 1. The van der Waals surface area contributed by atoms with E-state index in [0.29, 0.717) is 12.2 Å². The van der Waals surface area contributed by atoms with Gasteiger partial charge in [-0.1, -0.05) is 0 Å². The summed E-state index contributed by atoms with van der Waals surface area (Å²) >= 11 is 3.38. The van der Waals surface area contributed by atoms with E-state index in [0.717, 1.165) is 10.0 Å². The summed E-state index contributed by atoms with van der Waals surface area (Å²) in [7, 11) is 0. The third-order valence-corrected chi connectivity index (χ3v) is 2.73. The van der Waals surface area contributed by atoms with Crippen molar-refractivity contribution in [1.29, 1.82) is 0 Å². The first-order chi connectivity index (χ1) is 8.29. The molecule has 0 saturated carbocycles. The third kappa shape index (κ3) is 3.29. The van der Waals surface area contributed by atoms with E-state index in [1.807, 2.05) is 6.07 Å². The number of nitrogens with zero attached hydrogens (tertiary/aromatic N) is 3. The maximum Gasteiger partial charge on any atom is 0.146 e. The molecule has 0 saturated heterocycles. The predicted molar refractivity (Wildman–Crippen MR) is 67.7 cm³/mol. The fraction of sp³-hybridized carbons (Fsp3) is 0.182.